The highest BCUT2D eigenvalue weighted by atomic mass is 32.2. The van der Waals surface area contributed by atoms with Gasteiger partial charge in [-0.1, -0.05) is 19.8 Å². The van der Waals surface area contributed by atoms with E-state index in [1.54, 1.807) is 15.6 Å². The van der Waals surface area contributed by atoms with Crippen LogP contribution >= 0.6 is 11.3 Å². The predicted molar refractivity (Wildman–Crippen MR) is 88.7 cm³/mol. The van der Waals surface area contributed by atoms with Crippen molar-refractivity contribution in [1.29, 1.82) is 0 Å². The van der Waals surface area contributed by atoms with E-state index in [0.29, 0.717) is 25.4 Å². The van der Waals surface area contributed by atoms with Gasteiger partial charge in [-0.3, -0.25) is 0 Å². The second kappa shape index (κ2) is 6.93. The quantitative estimate of drug-likeness (QED) is 0.824. The number of hydrogen-bond acceptors (Lipinski definition) is 5. The molecule has 1 saturated carbocycles. The van der Waals surface area contributed by atoms with Crippen LogP contribution in [0.15, 0.2) is 0 Å². The van der Waals surface area contributed by atoms with Gasteiger partial charge in [0.05, 0.1) is 5.75 Å². The lowest BCUT2D eigenvalue weighted by Crippen LogP contribution is -2.40. The topological polar surface area (TPSA) is 63.2 Å². The molecule has 1 atom stereocenters. The van der Waals surface area contributed by atoms with Crippen molar-refractivity contribution in [2.45, 2.75) is 63.7 Å². The Hall–Kier alpha value is -0.530. The van der Waals surface area contributed by atoms with Crippen molar-refractivity contribution < 1.29 is 8.42 Å². The van der Waals surface area contributed by atoms with Gasteiger partial charge in [-0.05, 0) is 32.1 Å². The van der Waals surface area contributed by atoms with Crippen molar-refractivity contribution in [2.24, 2.45) is 0 Å². The van der Waals surface area contributed by atoms with Crippen molar-refractivity contribution in [3.63, 3.8) is 0 Å². The first-order chi connectivity index (χ1) is 10.6. The summed E-state index contributed by atoms with van der Waals surface area (Å²) in [5, 5.41) is 11.0. The van der Waals surface area contributed by atoms with Crippen LogP contribution in [0.1, 0.15) is 73.7 Å². The second-order valence-electron chi connectivity index (χ2n) is 6.47. The van der Waals surface area contributed by atoms with Crippen molar-refractivity contribution in [2.75, 3.05) is 18.8 Å². The lowest BCUT2D eigenvalue weighted by atomic mass is 10.0. The summed E-state index contributed by atoms with van der Waals surface area (Å²) in [7, 11) is -3.09. The summed E-state index contributed by atoms with van der Waals surface area (Å²) >= 11 is 1.72. The van der Waals surface area contributed by atoms with E-state index in [1.807, 2.05) is 6.92 Å². The molecule has 0 N–H and O–H groups in total. The van der Waals surface area contributed by atoms with E-state index in [9.17, 15) is 8.42 Å². The maximum Gasteiger partial charge on any atom is 0.214 e. The smallest absolute Gasteiger partial charge is 0.212 e. The van der Waals surface area contributed by atoms with Crippen LogP contribution in [0.25, 0.3) is 0 Å². The SMILES string of the molecule is CCCS(=O)(=O)N1CCCC(c2nnc(C3CCCC3)s2)C1. The fraction of sp³-hybridized carbons (Fsp3) is 0.867. The molecule has 0 spiro atoms. The Kier molecular flexibility index (Phi) is 5.14. The highest BCUT2D eigenvalue weighted by Gasteiger charge is 2.31. The zero-order chi connectivity index (χ0) is 15.6. The Balaban J connectivity index is 1.69. The van der Waals surface area contributed by atoms with Gasteiger partial charge in [-0.25, -0.2) is 12.7 Å². The van der Waals surface area contributed by atoms with Crippen LogP contribution in [0.2, 0.25) is 0 Å². The second-order valence-corrected chi connectivity index (χ2v) is 9.60. The first kappa shape index (κ1) is 16.3. The van der Waals surface area contributed by atoms with Crippen LogP contribution in [-0.2, 0) is 10.0 Å². The van der Waals surface area contributed by atoms with Crippen LogP contribution in [-0.4, -0.2) is 41.8 Å². The fourth-order valence-electron chi connectivity index (χ4n) is 3.53. The van der Waals surface area contributed by atoms with E-state index in [2.05, 4.69) is 10.2 Å². The summed E-state index contributed by atoms with van der Waals surface area (Å²) < 4.78 is 26.2. The number of rotatable bonds is 5. The van der Waals surface area contributed by atoms with Gasteiger partial charge in [0, 0.05) is 24.9 Å². The maximum atomic E-state index is 12.3. The zero-order valence-electron chi connectivity index (χ0n) is 13.2. The standard InChI is InChI=1S/C15H25N3O2S2/c1-2-10-22(19,20)18-9-5-8-13(11-18)15-17-16-14(21-15)12-6-3-4-7-12/h12-13H,2-11H2,1H3. The Morgan fingerprint density at radius 3 is 2.41 bits per heavy atom. The van der Waals surface area contributed by atoms with E-state index in [1.165, 1.54) is 30.7 Å². The van der Waals surface area contributed by atoms with Gasteiger partial charge in [0.2, 0.25) is 10.0 Å². The molecular weight excluding hydrogens is 318 g/mol. The van der Waals surface area contributed by atoms with Gasteiger partial charge in [0.1, 0.15) is 10.0 Å². The third kappa shape index (κ3) is 3.51. The lowest BCUT2D eigenvalue weighted by molar-refractivity contribution is 0.314. The molecule has 1 aliphatic carbocycles. The molecule has 7 heteroatoms. The van der Waals surface area contributed by atoms with Gasteiger partial charge >= 0.3 is 0 Å². The van der Waals surface area contributed by atoms with Gasteiger partial charge in [0.15, 0.2) is 0 Å². The zero-order valence-corrected chi connectivity index (χ0v) is 14.8. The van der Waals surface area contributed by atoms with Crippen molar-refractivity contribution in [3.8, 4) is 0 Å². The number of sulfonamides is 1. The molecule has 2 heterocycles. The Labute approximate surface area is 137 Å². The van der Waals surface area contributed by atoms with Crippen molar-refractivity contribution >= 4 is 21.4 Å². The third-order valence-corrected chi connectivity index (χ3v) is 8.04. The normalized spacial score (nSPS) is 24.9. The highest BCUT2D eigenvalue weighted by Crippen LogP contribution is 2.38. The number of aromatic nitrogens is 2. The molecule has 5 nitrogen and oxygen atoms in total. The van der Waals surface area contributed by atoms with Gasteiger partial charge in [-0.15, -0.1) is 21.5 Å². The Morgan fingerprint density at radius 2 is 1.73 bits per heavy atom. The number of nitrogens with zero attached hydrogens (tertiary/aromatic N) is 3. The van der Waals surface area contributed by atoms with E-state index < -0.39 is 10.0 Å². The van der Waals surface area contributed by atoms with Crippen LogP contribution in [0, 0.1) is 0 Å². The molecule has 1 saturated heterocycles. The molecule has 0 radical (unpaired) electrons. The summed E-state index contributed by atoms with van der Waals surface area (Å²) in [6.45, 7) is 3.16. The average Bonchev–Trinajstić information content (AvgIpc) is 3.18. The molecule has 3 rings (SSSR count). The van der Waals surface area contributed by atoms with E-state index in [0.717, 1.165) is 17.8 Å². The summed E-state index contributed by atoms with van der Waals surface area (Å²) in [5.74, 6) is 1.08. The molecule has 1 aromatic heterocycles. The molecule has 22 heavy (non-hydrogen) atoms. The van der Waals surface area contributed by atoms with Crippen molar-refractivity contribution in [1.82, 2.24) is 14.5 Å². The molecule has 0 aromatic carbocycles. The number of piperidine rings is 1. The van der Waals surface area contributed by atoms with E-state index in [4.69, 9.17) is 0 Å². The molecule has 1 aromatic rings. The predicted octanol–water partition coefficient (Wildman–Crippen LogP) is 3.11. The molecule has 0 amide bonds. The minimum absolute atomic E-state index is 0.230. The largest absolute Gasteiger partial charge is 0.214 e. The Bertz CT molecular complexity index is 594. The van der Waals surface area contributed by atoms with Crippen LogP contribution in [0.5, 0.6) is 0 Å². The molecule has 1 unspecified atom stereocenters. The van der Waals surface area contributed by atoms with E-state index in [-0.39, 0.29) is 11.7 Å². The first-order valence-electron chi connectivity index (χ1n) is 8.41. The minimum atomic E-state index is -3.09. The number of hydrogen-bond donors (Lipinski definition) is 0. The van der Waals surface area contributed by atoms with Crippen molar-refractivity contribution in [3.05, 3.63) is 10.0 Å². The third-order valence-electron chi connectivity index (χ3n) is 4.75. The molecule has 2 fully saturated rings. The summed E-state index contributed by atoms with van der Waals surface area (Å²) in [6, 6.07) is 0. The fourth-order valence-corrected chi connectivity index (χ4v) is 6.26. The monoisotopic (exact) mass is 343 g/mol. The molecule has 2 aliphatic rings. The minimum Gasteiger partial charge on any atom is -0.212 e. The average molecular weight is 344 g/mol. The summed E-state index contributed by atoms with van der Waals surface area (Å²) in [5.41, 5.74) is 0. The van der Waals surface area contributed by atoms with Gasteiger partial charge in [0.25, 0.3) is 0 Å². The van der Waals surface area contributed by atoms with Crippen LogP contribution in [0.3, 0.4) is 0 Å². The molecule has 1 aliphatic heterocycles. The molecular formula is C15H25N3O2S2. The van der Waals surface area contributed by atoms with E-state index >= 15 is 0 Å². The van der Waals surface area contributed by atoms with Gasteiger partial charge < -0.3 is 0 Å². The maximum absolute atomic E-state index is 12.3. The molecule has 0 bridgehead atoms. The van der Waals surface area contributed by atoms with Gasteiger partial charge in [-0.2, -0.15) is 0 Å². The summed E-state index contributed by atoms with van der Waals surface area (Å²) in [6.07, 6.45) is 7.68. The lowest BCUT2D eigenvalue weighted by Gasteiger charge is -2.30. The van der Waals surface area contributed by atoms with Crippen LogP contribution in [0.4, 0.5) is 0 Å². The first-order valence-corrected chi connectivity index (χ1v) is 10.8. The molecule has 124 valence electrons. The summed E-state index contributed by atoms with van der Waals surface area (Å²) in [4.78, 5) is 0. The van der Waals surface area contributed by atoms with Crippen LogP contribution < -0.4 is 0 Å². The highest BCUT2D eigenvalue weighted by molar-refractivity contribution is 7.89. The Morgan fingerprint density at radius 1 is 1.09 bits per heavy atom.